The standard InChI is InChI=1S/C5H10F2O3S/c6-5(7,11(9)10)3-1-2-4-8/h8H,1-4H2,(H,9,10)/p-1. The van der Waals surface area contributed by atoms with Crippen LogP contribution in [0.5, 0.6) is 0 Å². The summed E-state index contributed by atoms with van der Waals surface area (Å²) >= 11 is -3.34. The molecule has 0 heterocycles. The SMILES string of the molecule is O=S([O-])C(F)(F)CCCCO. The van der Waals surface area contributed by atoms with Crippen LogP contribution in [0.4, 0.5) is 8.78 Å². The van der Waals surface area contributed by atoms with Crippen LogP contribution in [0.25, 0.3) is 0 Å². The van der Waals surface area contributed by atoms with Gasteiger partial charge in [0.1, 0.15) is 0 Å². The van der Waals surface area contributed by atoms with Crippen LogP contribution in [0.2, 0.25) is 0 Å². The van der Waals surface area contributed by atoms with Gasteiger partial charge >= 0.3 is 5.25 Å². The maximum absolute atomic E-state index is 12.2. The molecule has 0 aromatic rings. The van der Waals surface area contributed by atoms with E-state index in [1.165, 1.54) is 0 Å². The van der Waals surface area contributed by atoms with Crippen molar-refractivity contribution in [1.29, 1.82) is 0 Å². The van der Waals surface area contributed by atoms with E-state index in [0.717, 1.165) is 0 Å². The van der Waals surface area contributed by atoms with Gasteiger partial charge in [-0.05, 0) is 12.8 Å². The molecule has 0 bridgehead atoms. The third kappa shape index (κ3) is 4.39. The van der Waals surface area contributed by atoms with Gasteiger partial charge < -0.3 is 9.66 Å². The number of rotatable bonds is 5. The Morgan fingerprint density at radius 1 is 1.45 bits per heavy atom. The smallest absolute Gasteiger partial charge is 0.309 e. The number of alkyl halides is 2. The Kier molecular flexibility index (Phi) is 4.71. The highest BCUT2D eigenvalue weighted by Gasteiger charge is 2.29. The van der Waals surface area contributed by atoms with E-state index < -0.39 is 22.8 Å². The molecule has 0 aliphatic carbocycles. The molecule has 1 N–H and O–H groups in total. The molecule has 3 nitrogen and oxygen atoms in total. The Bertz CT molecular complexity index is 140. The van der Waals surface area contributed by atoms with Gasteiger partial charge in [-0.25, -0.2) is 0 Å². The van der Waals surface area contributed by atoms with Crippen molar-refractivity contribution >= 4 is 11.1 Å². The molecule has 0 aliphatic heterocycles. The second kappa shape index (κ2) is 4.74. The molecule has 68 valence electrons. The Morgan fingerprint density at radius 3 is 2.36 bits per heavy atom. The van der Waals surface area contributed by atoms with Crippen LogP contribution >= 0.6 is 0 Å². The van der Waals surface area contributed by atoms with Gasteiger partial charge in [0, 0.05) is 24.1 Å². The fourth-order valence-electron chi connectivity index (χ4n) is 0.526. The first-order valence-electron chi connectivity index (χ1n) is 3.09. The molecule has 6 heteroatoms. The lowest BCUT2D eigenvalue weighted by molar-refractivity contribution is 0.0746. The largest absolute Gasteiger partial charge is 0.768 e. The van der Waals surface area contributed by atoms with Crippen molar-refractivity contribution < 1.29 is 22.6 Å². The van der Waals surface area contributed by atoms with Gasteiger partial charge in [0.25, 0.3) is 0 Å². The molecule has 0 aromatic heterocycles. The molecule has 0 saturated heterocycles. The number of unbranched alkanes of at least 4 members (excludes halogenated alkanes) is 1. The van der Waals surface area contributed by atoms with Crippen molar-refractivity contribution in [2.75, 3.05) is 6.61 Å². The summed E-state index contributed by atoms with van der Waals surface area (Å²) < 4.78 is 44.0. The number of halogens is 2. The van der Waals surface area contributed by atoms with E-state index in [1.807, 2.05) is 0 Å². The topological polar surface area (TPSA) is 60.4 Å². The van der Waals surface area contributed by atoms with Crippen LogP contribution in [0.3, 0.4) is 0 Å². The third-order valence-electron chi connectivity index (χ3n) is 1.12. The third-order valence-corrected chi connectivity index (χ3v) is 1.81. The summed E-state index contributed by atoms with van der Waals surface area (Å²) in [7, 11) is 0. The summed E-state index contributed by atoms with van der Waals surface area (Å²) in [5.41, 5.74) is 0. The zero-order valence-electron chi connectivity index (χ0n) is 5.76. The van der Waals surface area contributed by atoms with Gasteiger partial charge in [0.05, 0.1) is 0 Å². The van der Waals surface area contributed by atoms with Crippen molar-refractivity contribution in [3.05, 3.63) is 0 Å². The molecule has 0 radical (unpaired) electrons. The molecular weight excluding hydrogens is 178 g/mol. The van der Waals surface area contributed by atoms with E-state index in [4.69, 9.17) is 5.11 Å². The molecule has 11 heavy (non-hydrogen) atoms. The summed E-state index contributed by atoms with van der Waals surface area (Å²) in [5, 5.41) is 4.56. The fourth-order valence-corrected chi connectivity index (χ4v) is 0.837. The summed E-state index contributed by atoms with van der Waals surface area (Å²) in [6, 6.07) is 0. The molecule has 0 spiro atoms. The summed E-state index contributed by atoms with van der Waals surface area (Å²) in [4.78, 5) is 0. The zero-order chi connectivity index (χ0) is 8.91. The number of hydrogen-bond acceptors (Lipinski definition) is 3. The molecule has 1 unspecified atom stereocenters. The molecule has 0 amide bonds. The number of aliphatic hydroxyl groups is 1. The molecular formula is C5H9F2O3S-. The average molecular weight is 187 g/mol. The maximum atomic E-state index is 12.2. The van der Waals surface area contributed by atoms with E-state index in [9.17, 15) is 17.5 Å². The van der Waals surface area contributed by atoms with Crippen molar-refractivity contribution in [2.45, 2.75) is 24.5 Å². The second-order valence-corrected chi connectivity index (χ2v) is 3.12. The van der Waals surface area contributed by atoms with Crippen LogP contribution in [-0.2, 0) is 11.1 Å². The summed E-state index contributed by atoms with van der Waals surface area (Å²) in [6.45, 7) is -0.193. The Balaban J connectivity index is 3.64. The van der Waals surface area contributed by atoms with E-state index in [1.54, 1.807) is 0 Å². The minimum Gasteiger partial charge on any atom is -0.768 e. The minimum absolute atomic E-state index is 0.0114. The summed E-state index contributed by atoms with van der Waals surface area (Å²) in [6.07, 6.45) is -0.506. The van der Waals surface area contributed by atoms with Gasteiger partial charge in [-0.15, -0.1) is 0 Å². The van der Waals surface area contributed by atoms with Crippen LogP contribution in [0, 0.1) is 0 Å². The molecule has 1 atom stereocenters. The first kappa shape index (κ1) is 10.9. The van der Waals surface area contributed by atoms with E-state index in [0.29, 0.717) is 0 Å². The fraction of sp³-hybridized carbons (Fsp3) is 1.00. The first-order valence-corrected chi connectivity index (χ1v) is 4.16. The second-order valence-electron chi connectivity index (χ2n) is 2.05. The summed E-state index contributed by atoms with van der Waals surface area (Å²) in [5.74, 6) is 0. The van der Waals surface area contributed by atoms with Crippen LogP contribution < -0.4 is 0 Å². The molecule has 0 aliphatic rings. The van der Waals surface area contributed by atoms with Crippen LogP contribution in [0.1, 0.15) is 19.3 Å². The van der Waals surface area contributed by atoms with Gasteiger partial charge in [0.15, 0.2) is 0 Å². The Labute approximate surface area is 65.7 Å². The zero-order valence-corrected chi connectivity index (χ0v) is 6.57. The lowest BCUT2D eigenvalue weighted by atomic mass is 10.2. The quantitative estimate of drug-likeness (QED) is 0.507. The highest BCUT2D eigenvalue weighted by molar-refractivity contribution is 7.80. The van der Waals surface area contributed by atoms with Crippen LogP contribution in [-0.4, -0.2) is 25.7 Å². The average Bonchev–Trinajstić information content (AvgIpc) is 1.88. The van der Waals surface area contributed by atoms with Crippen molar-refractivity contribution in [3.8, 4) is 0 Å². The highest BCUT2D eigenvalue weighted by atomic mass is 32.2. The van der Waals surface area contributed by atoms with Gasteiger partial charge in [-0.3, -0.25) is 4.21 Å². The van der Waals surface area contributed by atoms with E-state index >= 15 is 0 Å². The van der Waals surface area contributed by atoms with Gasteiger partial charge in [-0.1, -0.05) is 0 Å². The molecule has 0 aromatic carbocycles. The van der Waals surface area contributed by atoms with Gasteiger partial charge in [0.2, 0.25) is 0 Å². The predicted octanol–water partition coefficient (Wildman–Crippen LogP) is 0.621. The lowest BCUT2D eigenvalue weighted by Crippen LogP contribution is -2.22. The highest BCUT2D eigenvalue weighted by Crippen LogP contribution is 2.23. The molecule has 0 rings (SSSR count). The molecule has 0 fully saturated rings. The minimum atomic E-state index is -3.64. The lowest BCUT2D eigenvalue weighted by Gasteiger charge is -2.17. The molecule has 0 saturated carbocycles. The van der Waals surface area contributed by atoms with Crippen molar-refractivity contribution in [2.24, 2.45) is 0 Å². The van der Waals surface area contributed by atoms with Crippen LogP contribution in [0.15, 0.2) is 0 Å². The van der Waals surface area contributed by atoms with E-state index in [2.05, 4.69) is 0 Å². The normalized spacial score (nSPS) is 14.9. The van der Waals surface area contributed by atoms with E-state index in [-0.39, 0.29) is 19.4 Å². The Morgan fingerprint density at radius 2 is 2.00 bits per heavy atom. The maximum Gasteiger partial charge on any atom is 0.309 e. The van der Waals surface area contributed by atoms with Crippen molar-refractivity contribution in [1.82, 2.24) is 0 Å². The Hall–Kier alpha value is -0.0700. The first-order chi connectivity index (χ1) is 5.00. The number of aliphatic hydroxyl groups excluding tert-OH is 1. The number of hydrogen-bond donors (Lipinski definition) is 1. The predicted molar refractivity (Wildman–Crippen MR) is 34.8 cm³/mol. The monoisotopic (exact) mass is 187 g/mol. The van der Waals surface area contributed by atoms with Gasteiger partial charge in [-0.2, -0.15) is 8.78 Å². The van der Waals surface area contributed by atoms with Crippen molar-refractivity contribution in [3.63, 3.8) is 0 Å².